The van der Waals surface area contributed by atoms with Crippen molar-refractivity contribution >= 4 is 11.6 Å². The van der Waals surface area contributed by atoms with Crippen molar-refractivity contribution in [1.29, 1.82) is 0 Å². The molecule has 0 spiro atoms. The van der Waals surface area contributed by atoms with E-state index in [0.29, 0.717) is 17.8 Å². The van der Waals surface area contributed by atoms with Crippen molar-refractivity contribution in [2.24, 2.45) is 0 Å². The van der Waals surface area contributed by atoms with Gasteiger partial charge in [-0.1, -0.05) is 18.2 Å². The van der Waals surface area contributed by atoms with Gasteiger partial charge < -0.3 is 10.6 Å². The molecule has 2 rings (SSSR count). The van der Waals surface area contributed by atoms with Crippen LogP contribution >= 0.6 is 0 Å². The van der Waals surface area contributed by atoms with Crippen molar-refractivity contribution in [3.8, 4) is 0 Å². The number of carbonyl (C=O) groups excluding carboxylic acids is 1. The Kier molecular flexibility index (Phi) is 4.58. The maximum Gasteiger partial charge on any atom is 0.254 e. The molecule has 110 valence electrons. The van der Waals surface area contributed by atoms with E-state index in [1.54, 1.807) is 23.1 Å². The molecule has 0 radical (unpaired) electrons. The molecule has 0 aliphatic carbocycles. The fraction of sp³-hybridized carbons (Fsp3) is 0.235. The van der Waals surface area contributed by atoms with Crippen LogP contribution in [0.2, 0.25) is 0 Å². The van der Waals surface area contributed by atoms with Crippen LogP contribution in [0.5, 0.6) is 0 Å². The van der Waals surface area contributed by atoms with Crippen LogP contribution in [0.15, 0.2) is 48.5 Å². The summed E-state index contributed by atoms with van der Waals surface area (Å²) in [7, 11) is 0. The summed E-state index contributed by atoms with van der Waals surface area (Å²) in [6, 6.07) is 13.2. The summed E-state index contributed by atoms with van der Waals surface area (Å²) in [4.78, 5) is 14.3. The Bertz CT molecular complexity index is 640. The molecule has 0 saturated heterocycles. The van der Waals surface area contributed by atoms with Crippen LogP contribution < -0.4 is 5.73 Å². The van der Waals surface area contributed by atoms with E-state index >= 15 is 0 Å². The molecule has 2 aromatic rings. The highest BCUT2D eigenvalue weighted by atomic mass is 19.1. The predicted molar refractivity (Wildman–Crippen MR) is 82.3 cm³/mol. The Morgan fingerprint density at radius 3 is 2.52 bits per heavy atom. The van der Waals surface area contributed by atoms with Gasteiger partial charge >= 0.3 is 0 Å². The van der Waals surface area contributed by atoms with Gasteiger partial charge in [0, 0.05) is 23.8 Å². The number of carbonyl (C=O) groups is 1. The predicted octanol–water partition coefficient (Wildman–Crippen LogP) is 3.46. The first-order chi connectivity index (χ1) is 9.97. The number of anilines is 1. The molecule has 21 heavy (non-hydrogen) atoms. The number of nitrogens with two attached hydrogens (primary N) is 1. The molecule has 0 saturated carbocycles. The smallest absolute Gasteiger partial charge is 0.254 e. The maximum absolute atomic E-state index is 13.3. The summed E-state index contributed by atoms with van der Waals surface area (Å²) in [5, 5.41) is 0. The molecule has 0 heterocycles. The molecule has 1 amide bonds. The van der Waals surface area contributed by atoms with Crippen LogP contribution in [0.1, 0.15) is 29.8 Å². The van der Waals surface area contributed by atoms with Crippen molar-refractivity contribution in [2.45, 2.75) is 26.4 Å². The molecule has 0 bridgehead atoms. The second kappa shape index (κ2) is 6.39. The Balaban J connectivity index is 2.25. The minimum Gasteiger partial charge on any atom is -0.399 e. The van der Waals surface area contributed by atoms with Gasteiger partial charge in [-0.05, 0) is 49.7 Å². The number of halogens is 1. The summed E-state index contributed by atoms with van der Waals surface area (Å²) < 4.78 is 13.3. The molecule has 2 aromatic carbocycles. The van der Waals surface area contributed by atoms with E-state index < -0.39 is 5.82 Å². The normalized spacial score (nSPS) is 10.7. The second-order valence-electron chi connectivity index (χ2n) is 5.28. The topological polar surface area (TPSA) is 46.3 Å². The van der Waals surface area contributed by atoms with Gasteiger partial charge in [0.25, 0.3) is 5.91 Å². The van der Waals surface area contributed by atoms with Gasteiger partial charge in [0.1, 0.15) is 5.82 Å². The third-order valence-corrected chi connectivity index (χ3v) is 3.26. The summed E-state index contributed by atoms with van der Waals surface area (Å²) in [5.41, 5.74) is 7.73. The quantitative estimate of drug-likeness (QED) is 0.875. The number of benzene rings is 2. The molecular weight excluding hydrogens is 267 g/mol. The van der Waals surface area contributed by atoms with Crippen LogP contribution in [0.25, 0.3) is 0 Å². The monoisotopic (exact) mass is 286 g/mol. The molecule has 0 atom stereocenters. The number of nitrogen functional groups attached to an aromatic ring is 1. The number of amides is 1. The standard InChI is InChI=1S/C17H19FN2O/c1-12(2)20(11-13-5-3-8-16(19)9-13)17(21)14-6-4-7-15(18)10-14/h3-10,12H,11,19H2,1-2H3. The lowest BCUT2D eigenvalue weighted by Crippen LogP contribution is -2.36. The lowest BCUT2D eigenvalue weighted by atomic mass is 10.1. The molecule has 0 aliphatic rings. The van der Waals surface area contributed by atoms with Crippen molar-refractivity contribution in [1.82, 2.24) is 4.90 Å². The first-order valence-corrected chi connectivity index (χ1v) is 6.88. The van der Waals surface area contributed by atoms with Crippen molar-refractivity contribution in [3.63, 3.8) is 0 Å². The molecular formula is C17H19FN2O. The van der Waals surface area contributed by atoms with Gasteiger partial charge in [0.15, 0.2) is 0 Å². The van der Waals surface area contributed by atoms with Crippen LogP contribution in [-0.2, 0) is 6.54 Å². The van der Waals surface area contributed by atoms with E-state index in [1.165, 1.54) is 12.1 Å². The Hall–Kier alpha value is -2.36. The zero-order chi connectivity index (χ0) is 15.4. The fourth-order valence-electron chi connectivity index (χ4n) is 2.16. The maximum atomic E-state index is 13.3. The second-order valence-corrected chi connectivity index (χ2v) is 5.28. The first-order valence-electron chi connectivity index (χ1n) is 6.88. The van der Waals surface area contributed by atoms with Gasteiger partial charge in [-0.3, -0.25) is 4.79 Å². The summed E-state index contributed by atoms with van der Waals surface area (Å²) in [5.74, 6) is -0.597. The lowest BCUT2D eigenvalue weighted by molar-refractivity contribution is 0.0690. The van der Waals surface area contributed by atoms with Crippen molar-refractivity contribution in [3.05, 3.63) is 65.5 Å². The third kappa shape index (κ3) is 3.81. The average molecular weight is 286 g/mol. The van der Waals surface area contributed by atoms with E-state index in [0.717, 1.165) is 5.56 Å². The average Bonchev–Trinajstić information content (AvgIpc) is 2.44. The number of rotatable bonds is 4. The SMILES string of the molecule is CC(C)N(Cc1cccc(N)c1)C(=O)c1cccc(F)c1. The third-order valence-electron chi connectivity index (χ3n) is 3.26. The largest absolute Gasteiger partial charge is 0.399 e. The van der Waals surface area contributed by atoms with Gasteiger partial charge in [-0.25, -0.2) is 4.39 Å². The number of nitrogens with zero attached hydrogens (tertiary/aromatic N) is 1. The highest BCUT2D eigenvalue weighted by molar-refractivity contribution is 5.94. The molecule has 0 fully saturated rings. The Labute approximate surface area is 124 Å². The minimum atomic E-state index is -0.409. The van der Waals surface area contributed by atoms with Gasteiger partial charge in [-0.2, -0.15) is 0 Å². The summed E-state index contributed by atoms with van der Waals surface area (Å²) in [6.45, 7) is 4.31. The van der Waals surface area contributed by atoms with E-state index in [-0.39, 0.29) is 11.9 Å². The van der Waals surface area contributed by atoms with E-state index in [2.05, 4.69) is 0 Å². The molecule has 0 aliphatic heterocycles. The van der Waals surface area contributed by atoms with E-state index in [1.807, 2.05) is 32.0 Å². The fourth-order valence-corrected chi connectivity index (χ4v) is 2.16. The van der Waals surface area contributed by atoms with Crippen LogP contribution in [-0.4, -0.2) is 16.8 Å². The molecule has 0 unspecified atom stereocenters. The summed E-state index contributed by atoms with van der Waals surface area (Å²) >= 11 is 0. The molecule has 4 heteroatoms. The van der Waals surface area contributed by atoms with Gasteiger partial charge in [0.2, 0.25) is 0 Å². The Morgan fingerprint density at radius 2 is 1.90 bits per heavy atom. The zero-order valence-corrected chi connectivity index (χ0v) is 12.2. The summed E-state index contributed by atoms with van der Waals surface area (Å²) in [6.07, 6.45) is 0. The number of hydrogen-bond acceptors (Lipinski definition) is 2. The first kappa shape index (κ1) is 15.0. The molecule has 3 nitrogen and oxygen atoms in total. The van der Waals surface area contributed by atoms with Crippen molar-refractivity contribution in [2.75, 3.05) is 5.73 Å². The van der Waals surface area contributed by atoms with Crippen molar-refractivity contribution < 1.29 is 9.18 Å². The van der Waals surface area contributed by atoms with E-state index in [4.69, 9.17) is 5.73 Å². The van der Waals surface area contributed by atoms with Crippen LogP contribution in [0.4, 0.5) is 10.1 Å². The number of hydrogen-bond donors (Lipinski definition) is 1. The highest BCUT2D eigenvalue weighted by Gasteiger charge is 2.19. The lowest BCUT2D eigenvalue weighted by Gasteiger charge is -2.27. The van der Waals surface area contributed by atoms with E-state index in [9.17, 15) is 9.18 Å². The molecule has 2 N–H and O–H groups in total. The highest BCUT2D eigenvalue weighted by Crippen LogP contribution is 2.15. The van der Waals surface area contributed by atoms with Gasteiger partial charge in [-0.15, -0.1) is 0 Å². The zero-order valence-electron chi connectivity index (χ0n) is 12.2. The van der Waals surface area contributed by atoms with Crippen LogP contribution in [0.3, 0.4) is 0 Å². The van der Waals surface area contributed by atoms with Gasteiger partial charge in [0.05, 0.1) is 0 Å². The van der Waals surface area contributed by atoms with Crippen LogP contribution in [0, 0.1) is 5.82 Å². The molecule has 0 aromatic heterocycles. The minimum absolute atomic E-state index is 0.00204. The Morgan fingerprint density at radius 1 is 1.19 bits per heavy atom.